The van der Waals surface area contributed by atoms with Gasteiger partial charge in [0, 0.05) is 5.56 Å². The zero-order chi connectivity index (χ0) is 13.5. The number of benzene rings is 1. The number of aliphatic hydroxyl groups is 1. The molecule has 1 aromatic carbocycles. The van der Waals surface area contributed by atoms with E-state index in [0.29, 0.717) is 10.0 Å². The highest BCUT2D eigenvalue weighted by molar-refractivity contribution is 7.15. The summed E-state index contributed by atoms with van der Waals surface area (Å²) in [4.78, 5) is 5.29. The number of aryl methyl sites for hydroxylation is 1. The molecule has 0 aliphatic carbocycles. The summed E-state index contributed by atoms with van der Waals surface area (Å²) in [6.07, 6.45) is 0. The predicted octanol–water partition coefficient (Wildman–Crippen LogP) is 4.65. The van der Waals surface area contributed by atoms with Gasteiger partial charge in [-0.15, -0.1) is 11.3 Å². The summed E-state index contributed by atoms with van der Waals surface area (Å²) in [6, 6.07) is 5.36. The van der Waals surface area contributed by atoms with Gasteiger partial charge in [-0.3, -0.25) is 0 Å². The highest BCUT2D eigenvalue weighted by Crippen LogP contribution is 2.40. The molecule has 0 aliphatic rings. The topological polar surface area (TPSA) is 33.1 Å². The third-order valence-corrected chi connectivity index (χ3v) is 4.65. The summed E-state index contributed by atoms with van der Waals surface area (Å²) < 4.78 is 0. The number of nitrogens with zero attached hydrogens (tertiary/aromatic N) is 1. The van der Waals surface area contributed by atoms with Crippen LogP contribution in [0.1, 0.15) is 24.4 Å². The SMILES string of the molecule is Cc1nc(-c2c(Cl)cccc2Cl)sc1C(C)(C)O. The minimum atomic E-state index is -0.909. The van der Waals surface area contributed by atoms with Crippen molar-refractivity contribution in [2.24, 2.45) is 0 Å². The summed E-state index contributed by atoms with van der Waals surface area (Å²) in [7, 11) is 0. The van der Waals surface area contributed by atoms with Crippen LogP contribution in [0.5, 0.6) is 0 Å². The molecule has 0 bridgehead atoms. The fourth-order valence-corrected chi connectivity index (χ4v) is 3.60. The van der Waals surface area contributed by atoms with Crippen molar-refractivity contribution in [3.8, 4) is 10.6 Å². The van der Waals surface area contributed by atoms with Crippen LogP contribution in [0.15, 0.2) is 18.2 Å². The summed E-state index contributed by atoms with van der Waals surface area (Å²) in [5.74, 6) is 0. The Morgan fingerprint density at radius 1 is 1.22 bits per heavy atom. The van der Waals surface area contributed by atoms with Gasteiger partial charge in [-0.05, 0) is 32.9 Å². The molecule has 0 spiro atoms. The Labute approximate surface area is 120 Å². The summed E-state index contributed by atoms with van der Waals surface area (Å²) >= 11 is 13.7. The van der Waals surface area contributed by atoms with E-state index < -0.39 is 5.60 Å². The van der Waals surface area contributed by atoms with Gasteiger partial charge in [-0.25, -0.2) is 4.98 Å². The van der Waals surface area contributed by atoms with E-state index in [2.05, 4.69) is 4.98 Å². The van der Waals surface area contributed by atoms with Crippen molar-refractivity contribution in [1.29, 1.82) is 0 Å². The first-order valence-corrected chi connectivity index (χ1v) is 7.02. The molecule has 0 saturated carbocycles. The van der Waals surface area contributed by atoms with E-state index in [-0.39, 0.29) is 0 Å². The van der Waals surface area contributed by atoms with E-state index in [1.807, 2.05) is 6.92 Å². The van der Waals surface area contributed by atoms with Crippen molar-refractivity contribution in [2.75, 3.05) is 0 Å². The van der Waals surface area contributed by atoms with Crippen LogP contribution in [-0.4, -0.2) is 10.1 Å². The second-order valence-electron chi connectivity index (χ2n) is 4.59. The molecular weight excluding hydrogens is 289 g/mol. The molecule has 0 unspecified atom stereocenters. The Balaban J connectivity index is 2.60. The smallest absolute Gasteiger partial charge is 0.126 e. The molecule has 5 heteroatoms. The lowest BCUT2D eigenvalue weighted by Gasteiger charge is -2.15. The van der Waals surface area contributed by atoms with Crippen LogP contribution < -0.4 is 0 Å². The van der Waals surface area contributed by atoms with Gasteiger partial charge in [-0.2, -0.15) is 0 Å². The van der Waals surface area contributed by atoms with Gasteiger partial charge in [0.05, 0.1) is 26.2 Å². The van der Waals surface area contributed by atoms with Crippen LogP contribution in [0.2, 0.25) is 10.0 Å². The average Bonchev–Trinajstić information content (AvgIpc) is 2.59. The van der Waals surface area contributed by atoms with Gasteiger partial charge in [0.25, 0.3) is 0 Å². The van der Waals surface area contributed by atoms with Gasteiger partial charge in [0.1, 0.15) is 5.01 Å². The third-order valence-electron chi connectivity index (χ3n) is 2.53. The van der Waals surface area contributed by atoms with Crippen LogP contribution in [0.25, 0.3) is 10.6 Å². The monoisotopic (exact) mass is 301 g/mol. The molecule has 2 rings (SSSR count). The Bertz CT molecular complexity index is 567. The van der Waals surface area contributed by atoms with Crippen LogP contribution in [0.4, 0.5) is 0 Å². The van der Waals surface area contributed by atoms with Gasteiger partial charge in [0.15, 0.2) is 0 Å². The quantitative estimate of drug-likeness (QED) is 0.875. The normalized spacial score (nSPS) is 11.9. The van der Waals surface area contributed by atoms with Crippen LogP contribution in [-0.2, 0) is 5.60 Å². The number of rotatable bonds is 2. The predicted molar refractivity (Wildman–Crippen MR) is 77.6 cm³/mol. The molecule has 96 valence electrons. The molecule has 0 amide bonds. The largest absolute Gasteiger partial charge is 0.385 e. The number of thiazole rings is 1. The van der Waals surface area contributed by atoms with Gasteiger partial charge in [-0.1, -0.05) is 29.3 Å². The van der Waals surface area contributed by atoms with E-state index in [9.17, 15) is 5.11 Å². The highest BCUT2D eigenvalue weighted by Gasteiger charge is 2.24. The minimum absolute atomic E-state index is 0.568. The fourth-order valence-electron chi connectivity index (χ4n) is 1.77. The minimum Gasteiger partial charge on any atom is -0.385 e. The zero-order valence-corrected chi connectivity index (χ0v) is 12.6. The van der Waals surface area contributed by atoms with Crippen molar-refractivity contribution >= 4 is 34.5 Å². The van der Waals surface area contributed by atoms with E-state index in [4.69, 9.17) is 23.2 Å². The standard InChI is InChI=1S/C13H13Cl2NOS/c1-7-11(13(2,3)17)18-12(16-7)10-8(14)5-4-6-9(10)15/h4-6,17H,1-3H3. The van der Waals surface area contributed by atoms with Crippen LogP contribution in [0.3, 0.4) is 0 Å². The second kappa shape index (κ2) is 4.82. The van der Waals surface area contributed by atoms with Crippen molar-refractivity contribution < 1.29 is 5.11 Å². The molecule has 2 nitrogen and oxygen atoms in total. The van der Waals surface area contributed by atoms with Crippen molar-refractivity contribution in [2.45, 2.75) is 26.4 Å². The van der Waals surface area contributed by atoms with Crippen LogP contribution in [0, 0.1) is 6.92 Å². The zero-order valence-electron chi connectivity index (χ0n) is 10.3. The Hall–Kier alpha value is -0.610. The summed E-state index contributed by atoms with van der Waals surface area (Å²) in [5.41, 5.74) is 0.621. The van der Waals surface area contributed by atoms with Crippen molar-refractivity contribution in [1.82, 2.24) is 4.98 Å². The average molecular weight is 302 g/mol. The van der Waals surface area contributed by atoms with Crippen molar-refractivity contribution in [3.05, 3.63) is 38.8 Å². The Morgan fingerprint density at radius 2 is 1.78 bits per heavy atom. The van der Waals surface area contributed by atoms with Gasteiger partial charge >= 0.3 is 0 Å². The second-order valence-corrected chi connectivity index (χ2v) is 6.40. The van der Waals surface area contributed by atoms with E-state index in [1.54, 1.807) is 32.0 Å². The number of halogens is 2. The maximum Gasteiger partial charge on any atom is 0.126 e. The van der Waals surface area contributed by atoms with Gasteiger partial charge < -0.3 is 5.11 Å². The molecule has 0 fully saturated rings. The van der Waals surface area contributed by atoms with E-state index >= 15 is 0 Å². The molecule has 18 heavy (non-hydrogen) atoms. The molecule has 2 aromatic rings. The molecular formula is C13H13Cl2NOS. The summed E-state index contributed by atoms with van der Waals surface area (Å²) in [5, 5.41) is 11.9. The third kappa shape index (κ3) is 2.54. The lowest BCUT2D eigenvalue weighted by molar-refractivity contribution is 0.0817. The number of aromatic nitrogens is 1. The van der Waals surface area contributed by atoms with Crippen molar-refractivity contribution in [3.63, 3.8) is 0 Å². The Kier molecular flexibility index (Phi) is 3.70. The van der Waals surface area contributed by atoms with E-state index in [1.165, 1.54) is 11.3 Å². The first kappa shape index (κ1) is 13.8. The molecule has 1 N–H and O–H groups in total. The fraction of sp³-hybridized carbons (Fsp3) is 0.308. The first-order valence-electron chi connectivity index (χ1n) is 5.45. The Morgan fingerprint density at radius 3 is 2.22 bits per heavy atom. The lowest BCUT2D eigenvalue weighted by Crippen LogP contribution is -2.14. The molecule has 1 heterocycles. The highest BCUT2D eigenvalue weighted by atomic mass is 35.5. The maximum atomic E-state index is 10.1. The molecule has 0 saturated heterocycles. The van der Waals surface area contributed by atoms with Crippen LogP contribution >= 0.6 is 34.5 Å². The lowest BCUT2D eigenvalue weighted by atomic mass is 10.1. The van der Waals surface area contributed by atoms with E-state index in [0.717, 1.165) is 21.1 Å². The van der Waals surface area contributed by atoms with Gasteiger partial charge in [0.2, 0.25) is 0 Å². The number of hydrogen-bond donors (Lipinski definition) is 1. The number of hydrogen-bond acceptors (Lipinski definition) is 3. The first-order chi connectivity index (χ1) is 8.30. The molecule has 1 aromatic heterocycles. The summed E-state index contributed by atoms with van der Waals surface area (Å²) in [6.45, 7) is 5.36. The molecule has 0 radical (unpaired) electrons. The molecule has 0 aliphatic heterocycles. The maximum absolute atomic E-state index is 10.1. The molecule has 0 atom stereocenters.